The molecule has 0 saturated heterocycles. The average molecular weight is 256 g/mol. The molecule has 1 heterocycles. The minimum Gasteiger partial charge on any atom is -0.235 e. The summed E-state index contributed by atoms with van der Waals surface area (Å²) >= 11 is 6.07. The number of hydrogen-bond donors (Lipinski definition) is 0. The summed E-state index contributed by atoms with van der Waals surface area (Å²) in [6.45, 7) is 0. The highest BCUT2D eigenvalue weighted by atomic mass is 35.5. The Morgan fingerprint density at radius 3 is 2.72 bits per heavy atom. The van der Waals surface area contributed by atoms with Gasteiger partial charge in [0, 0.05) is 10.6 Å². The molecule has 88 valence electrons. The van der Waals surface area contributed by atoms with Gasteiger partial charge in [-0.2, -0.15) is 5.10 Å². The first kappa shape index (κ1) is 11.0. The van der Waals surface area contributed by atoms with E-state index in [0.29, 0.717) is 5.02 Å². The van der Waals surface area contributed by atoms with Crippen LogP contribution in [0.3, 0.4) is 0 Å². The van der Waals surface area contributed by atoms with Crippen molar-refractivity contribution in [2.75, 3.05) is 0 Å². The molecule has 0 amide bonds. The van der Waals surface area contributed by atoms with Crippen molar-refractivity contribution in [1.82, 2.24) is 9.66 Å². The summed E-state index contributed by atoms with van der Waals surface area (Å²) in [5.74, 6) is 0. The third-order valence-corrected chi connectivity index (χ3v) is 3.01. The van der Waals surface area contributed by atoms with Gasteiger partial charge in [0.2, 0.25) is 0 Å². The van der Waals surface area contributed by atoms with Crippen LogP contribution >= 0.6 is 11.6 Å². The van der Waals surface area contributed by atoms with Gasteiger partial charge in [-0.15, -0.1) is 0 Å². The zero-order valence-corrected chi connectivity index (χ0v) is 10.2. The normalized spacial score (nSPS) is 11.4. The Hall–Kier alpha value is -2.13. The molecule has 3 nitrogen and oxygen atoms in total. The van der Waals surface area contributed by atoms with Crippen LogP contribution in [0.4, 0.5) is 0 Å². The first-order chi connectivity index (χ1) is 8.84. The number of aromatic nitrogens is 2. The summed E-state index contributed by atoms with van der Waals surface area (Å²) in [5.41, 5.74) is 2.78. The van der Waals surface area contributed by atoms with Gasteiger partial charge in [-0.25, -0.2) is 9.66 Å². The summed E-state index contributed by atoms with van der Waals surface area (Å²) in [5, 5.41) is 5.06. The second kappa shape index (κ2) is 4.63. The minimum absolute atomic E-state index is 0.686. The van der Waals surface area contributed by atoms with Crippen LogP contribution < -0.4 is 0 Å². The van der Waals surface area contributed by atoms with Crippen molar-refractivity contribution in [3.63, 3.8) is 0 Å². The van der Waals surface area contributed by atoms with Crippen molar-refractivity contribution in [2.45, 2.75) is 0 Å². The van der Waals surface area contributed by atoms with E-state index in [-0.39, 0.29) is 0 Å². The fourth-order valence-corrected chi connectivity index (χ4v) is 1.93. The van der Waals surface area contributed by atoms with Crippen LogP contribution in [0, 0.1) is 0 Å². The molecule has 0 aliphatic rings. The Labute approximate surface area is 109 Å². The van der Waals surface area contributed by atoms with Crippen LogP contribution in [0.2, 0.25) is 5.02 Å². The molecule has 0 atom stereocenters. The second-order valence-electron chi connectivity index (χ2n) is 3.84. The molecule has 1 aromatic heterocycles. The van der Waals surface area contributed by atoms with Crippen molar-refractivity contribution in [3.8, 4) is 0 Å². The maximum absolute atomic E-state index is 6.07. The van der Waals surface area contributed by atoms with Crippen LogP contribution in [0.1, 0.15) is 5.56 Å². The number of hydrogen-bond acceptors (Lipinski definition) is 2. The fraction of sp³-hybridized carbons (Fsp3) is 0. The molecule has 0 saturated carbocycles. The number of benzene rings is 2. The van der Waals surface area contributed by atoms with E-state index in [1.165, 1.54) is 0 Å². The Kier molecular flexibility index (Phi) is 2.82. The molecule has 0 fully saturated rings. The van der Waals surface area contributed by atoms with Gasteiger partial charge in [-0.1, -0.05) is 41.9 Å². The number of rotatable bonds is 2. The second-order valence-corrected chi connectivity index (χ2v) is 4.25. The monoisotopic (exact) mass is 255 g/mol. The third-order valence-electron chi connectivity index (χ3n) is 2.66. The van der Waals surface area contributed by atoms with Crippen molar-refractivity contribution in [2.24, 2.45) is 5.10 Å². The molecule has 0 unspecified atom stereocenters. The van der Waals surface area contributed by atoms with Gasteiger partial charge < -0.3 is 0 Å². The summed E-state index contributed by atoms with van der Waals surface area (Å²) in [6.07, 6.45) is 3.43. The smallest absolute Gasteiger partial charge is 0.118 e. The lowest BCUT2D eigenvalue weighted by atomic mass is 10.2. The van der Waals surface area contributed by atoms with Gasteiger partial charge in [0.25, 0.3) is 0 Å². The Morgan fingerprint density at radius 2 is 1.83 bits per heavy atom. The maximum atomic E-state index is 6.07. The molecular formula is C14H10ClN3. The van der Waals surface area contributed by atoms with Crippen LogP contribution in [0.15, 0.2) is 60.0 Å². The molecule has 4 heteroatoms. The van der Waals surface area contributed by atoms with E-state index >= 15 is 0 Å². The minimum atomic E-state index is 0.686. The van der Waals surface area contributed by atoms with E-state index < -0.39 is 0 Å². The van der Waals surface area contributed by atoms with Gasteiger partial charge in [0.1, 0.15) is 6.33 Å². The molecular weight excluding hydrogens is 246 g/mol. The largest absolute Gasteiger partial charge is 0.235 e. The van der Waals surface area contributed by atoms with Crippen LogP contribution in [0.5, 0.6) is 0 Å². The first-order valence-electron chi connectivity index (χ1n) is 5.55. The predicted molar refractivity (Wildman–Crippen MR) is 74.2 cm³/mol. The number of halogens is 1. The lowest BCUT2D eigenvalue weighted by Gasteiger charge is -1.97. The van der Waals surface area contributed by atoms with E-state index in [1.807, 2.05) is 48.5 Å². The van der Waals surface area contributed by atoms with Crippen molar-refractivity contribution < 1.29 is 0 Å². The molecule has 0 bridgehead atoms. The van der Waals surface area contributed by atoms with Gasteiger partial charge >= 0.3 is 0 Å². The molecule has 0 aliphatic carbocycles. The van der Waals surface area contributed by atoms with Gasteiger partial charge in [0.15, 0.2) is 0 Å². The molecule has 0 aliphatic heterocycles. The highest BCUT2D eigenvalue weighted by Crippen LogP contribution is 2.14. The average Bonchev–Trinajstić information content (AvgIpc) is 2.81. The molecule has 0 radical (unpaired) electrons. The van der Waals surface area contributed by atoms with E-state index in [0.717, 1.165) is 16.6 Å². The van der Waals surface area contributed by atoms with Crippen molar-refractivity contribution >= 4 is 28.8 Å². The Bertz CT molecular complexity index is 716. The van der Waals surface area contributed by atoms with Crippen LogP contribution in [-0.4, -0.2) is 15.9 Å². The Balaban J connectivity index is 2.00. The molecule has 3 aromatic rings. The summed E-state index contributed by atoms with van der Waals surface area (Å²) in [7, 11) is 0. The molecule has 0 N–H and O–H groups in total. The number of nitrogens with zero attached hydrogens (tertiary/aromatic N) is 3. The van der Waals surface area contributed by atoms with E-state index in [4.69, 9.17) is 11.6 Å². The standard InChI is InChI=1S/C14H10ClN3/c15-12-6-2-1-5-11(12)9-17-18-10-16-13-7-3-4-8-14(13)18/h1-10H. The SMILES string of the molecule is Clc1ccccc1C=Nn1cnc2ccccc21. The number of para-hydroxylation sites is 2. The highest BCUT2D eigenvalue weighted by molar-refractivity contribution is 6.33. The maximum Gasteiger partial charge on any atom is 0.118 e. The summed E-state index contributed by atoms with van der Waals surface area (Å²) in [6, 6.07) is 15.4. The fourth-order valence-electron chi connectivity index (χ4n) is 1.74. The first-order valence-corrected chi connectivity index (χ1v) is 5.93. The third kappa shape index (κ3) is 2.00. The van der Waals surface area contributed by atoms with Gasteiger partial charge in [-0.05, 0) is 18.2 Å². The summed E-state index contributed by atoms with van der Waals surface area (Å²) in [4.78, 5) is 4.27. The summed E-state index contributed by atoms with van der Waals surface area (Å²) < 4.78 is 1.73. The van der Waals surface area contributed by atoms with E-state index in [9.17, 15) is 0 Å². The topological polar surface area (TPSA) is 30.2 Å². The van der Waals surface area contributed by atoms with Gasteiger partial charge in [-0.3, -0.25) is 0 Å². The van der Waals surface area contributed by atoms with Crippen molar-refractivity contribution in [3.05, 3.63) is 65.4 Å². The van der Waals surface area contributed by atoms with E-state index in [2.05, 4.69) is 10.1 Å². The zero-order chi connectivity index (χ0) is 12.4. The van der Waals surface area contributed by atoms with Crippen molar-refractivity contribution in [1.29, 1.82) is 0 Å². The predicted octanol–water partition coefficient (Wildman–Crippen LogP) is 3.57. The lowest BCUT2D eigenvalue weighted by molar-refractivity contribution is 0.914. The number of imidazole rings is 1. The molecule has 3 rings (SSSR count). The zero-order valence-electron chi connectivity index (χ0n) is 9.49. The Morgan fingerprint density at radius 1 is 1.06 bits per heavy atom. The molecule has 0 spiro atoms. The van der Waals surface area contributed by atoms with Crippen LogP contribution in [0.25, 0.3) is 11.0 Å². The quantitative estimate of drug-likeness (QED) is 0.644. The van der Waals surface area contributed by atoms with Crippen LogP contribution in [-0.2, 0) is 0 Å². The molecule has 2 aromatic carbocycles. The molecule has 18 heavy (non-hydrogen) atoms. The van der Waals surface area contributed by atoms with E-state index in [1.54, 1.807) is 17.2 Å². The van der Waals surface area contributed by atoms with Gasteiger partial charge in [0.05, 0.1) is 17.2 Å². The number of fused-ring (bicyclic) bond motifs is 1. The highest BCUT2D eigenvalue weighted by Gasteiger charge is 1.99. The lowest BCUT2D eigenvalue weighted by Crippen LogP contribution is -1.89.